The van der Waals surface area contributed by atoms with E-state index in [1.165, 1.54) is 0 Å². The minimum Gasteiger partial charge on any atom is -0.483 e. The van der Waals surface area contributed by atoms with Gasteiger partial charge in [0.05, 0.1) is 5.69 Å². The second-order valence-corrected chi connectivity index (χ2v) is 4.73. The van der Waals surface area contributed by atoms with Gasteiger partial charge in [-0.2, -0.15) is 5.10 Å². The quantitative estimate of drug-likeness (QED) is 0.712. The summed E-state index contributed by atoms with van der Waals surface area (Å²) in [5.41, 5.74) is 0.979. The fourth-order valence-electron chi connectivity index (χ4n) is 2.49. The molecule has 3 aromatic rings. The largest absolute Gasteiger partial charge is 0.483 e. The van der Waals surface area contributed by atoms with E-state index in [0.29, 0.717) is 6.61 Å². The number of aromatic nitrogens is 5. The molecule has 100 valence electrons. The highest BCUT2D eigenvalue weighted by Gasteiger charge is 2.25. The zero-order valence-corrected chi connectivity index (χ0v) is 11.0. The summed E-state index contributed by atoms with van der Waals surface area (Å²) >= 11 is 0. The number of para-hydroxylation sites is 2. The zero-order valence-electron chi connectivity index (χ0n) is 11.0. The summed E-state index contributed by atoms with van der Waals surface area (Å²) in [6.07, 6.45) is 3.69. The molecule has 2 aromatic heterocycles. The molecule has 0 fully saturated rings. The van der Waals surface area contributed by atoms with Crippen LogP contribution in [-0.2, 0) is 6.61 Å². The van der Waals surface area contributed by atoms with Gasteiger partial charge < -0.3 is 4.74 Å². The lowest BCUT2D eigenvalue weighted by Gasteiger charge is -2.21. The molecule has 20 heavy (non-hydrogen) atoms. The Hall–Kier alpha value is -2.63. The molecule has 0 aliphatic carbocycles. The molecule has 1 aromatic carbocycles. The average molecular weight is 267 g/mol. The van der Waals surface area contributed by atoms with Crippen molar-refractivity contribution in [2.45, 2.75) is 19.6 Å². The average Bonchev–Trinajstić information content (AvgIpc) is 3.16. The number of fused-ring (bicyclic) bond motifs is 3. The maximum absolute atomic E-state index is 5.69. The van der Waals surface area contributed by atoms with E-state index in [2.05, 4.69) is 26.8 Å². The summed E-state index contributed by atoms with van der Waals surface area (Å²) in [5, 5.41) is 12.8. The molecule has 0 radical (unpaired) electrons. The molecule has 1 atom stereocenters. The van der Waals surface area contributed by atoms with Crippen molar-refractivity contribution >= 4 is 0 Å². The number of hydrogen-bond acceptors (Lipinski definition) is 4. The molecule has 0 saturated heterocycles. The summed E-state index contributed by atoms with van der Waals surface area (Å²) in [4.78, 5) is 0. The monoisotopic (exact) mass is 267 g/mol. The Balaban J connectivity index is 1.88. The molecule has 6 heteroatoms. The van der Waals surface area contributed by atoms with Gasteiger partial charge >= 0.3 is 0 Å². The van der Waals surface area contributed by atoms with E-state index in [9.17, 15) is 0 Å². The maximum atomic E-state index is 5.69. The van der Waals surface area contributed by atoms with E-state index in [1.807, 2.05) is 41.2 Å². The summed E-state index contributed by atoms with van der Waals surface area (Å²) in [6.45, 7) is 2.50. The first-order chi connectivity index (χ1) is 9.84. The van der Waals surface area contributed by atoms with Gasteiger partial charge in [-0.15, -0.1) is 10.2 Å². The minimum absolute atomic E-state index is 0.0115. The number of hydrogen-bond donors (Lipinski definition) is 0. The Morgan fingerprint density at radius 2 is 2.10 bits per heavy atom. The van der Waals surface area contributed by atoms with Crippen LogP contribution in [-0.4, -0.2) is 24.5 Å². The van der Waals surface area contributed by atoms with Gasteiger partial charge in [0.25, 0.3) is 0 Å². The van der Waals surface area contributed by atoms with Crippen molar-refractivity contribution in [2.24, 2.45) is 0 Å². The molecule has 0 saturated carbocycles. The van der Waals surface area contributed by atoms with E-state index in [4.69, 9.17) is 4.74 Å². The van der Waals surface area contributed by atoms with E-state index in [-0.39, 0.29) is 6.04 Å². The zero-order chi connectivity index (χ0) is 13.5. The third-order valence-corrected chi connectivity index (χ3v) is 3.51. The van der Waals surface area contributed by atoms with Gasteiger partial charge in [-0.05, 0) is 25.1 Å². The van der Waals surface area contributed by atoms with Crippen molar-refractivity contribution in [3.63, 3.8) is 0 Å². The van der Waals surface area contributed by atoms with Crippen LogP contribution in [0.4, 0.5) is 0 Å². The first-order valence-electron chi connectivity index (χ1n) is 6.50. The van der Waals surface area contributed by atoms with Gasteiger partial charge in [0.2, 0.25) is 0 Å². The number of ether oxygens (including phenoxy) is 1. The van der Waals surface area contributed by atoms with Gasteiger partial charge in [-0.3, -0.25) is 9.25 Å². The molecule has 0 bridgehead atoms. The smallest absolute Gasteiger partial charge is 0.175 e. The molecule has 1 aliphatic heterocycles. The topological polar surface area (TPSA) is 57.8 Å². The second kappa shape index (κ2) is 4.19. The highest BCUT2D eigenvalue weighted by Crippen LogP contribution is 2.31. The van der Waals surface area contributed by atoms with Gasteiger partial charge in [0.1, 0.15) is 18.4 Å². The predicted molar refractivity (Wildman–Crippen MR) is 71.7 cm³/mol. The highest BCUT2D eigenvalue weighted by molar-refractivity contribution is 5.49. The number of benzene rings is 1. The molecule has 1 unspecified atom stereocenters. The van der Waals surface area contributed by atoms with Crippen LogP contribution in [0.25, 0.3) is 5.69 Å². The molecule has 0 spiro atoms. The highest BCUT2D eigenvalue weighted by atomic mass is 16.5. The molecule has 0 amide bonds. The van der Waals surface area contributed by atoms with Crippen molar-refractivity contribution in [3.05, 3.63) is 54.4 Å². The number of nitrogens with zero attached hydrogens (tertiary/aromatic N) is 5. The Morgan fingerprint density at radius 1 is 1.20 bits per heavy atom. The normalized spacial score (nSPS) is 14.2. The molecular formula is C14H13N5O. The van der Waals surface area contributed by atoms with Crippen LogP contribution in [0, 0.1) is 0 Å². The van der Waals surface area contributed by atoms with Crippen LogP contribution in [0.2, 0.25) is 0 Å². The van der Waals surface area contributed by atoms with Crippen molar-refractivity contribution < 1.29 is 4.74 Å². The third kappa shape index (κ3) is 1.54. The van der Waals surface area contributed by atoms with Crippen molar-refractivity contribution in [1.29, 1.82) is 0 Å². The second-order valence-electron chi connectivity index (χ2n) is 4.73. The standard InChI is InChI=1S/C14H13N5O/c1-10(18-8-4-7-15-18)14-17-16-13-9-20-12-6-3-2-5-11(12)19(13)14/h2-8,10H,9H2,1H3. The fourth-order valence-corrected chi connectivity index (χ4v) is 2.49. The number of rotatable bonds is 2. The Labute approximate surface area is 115 Å². The summed E-state index contributed by atoms with van der Waals surface area (Å²) in [6, 6.07) is 9.84. The molecule has 1 aliphatic rings. The van der Waals surface area contributed by atoms with Crippen LogP contribution in [0.15, 0.2) is 42.7 Å². The van der Waals surface area contributed by atoms with Crippen molar-refractivity contribution in [1.82, 2.24) is 24.5 Å². The van der Waals surface area contributed by atoms with Gasteiger partial charge in [-0.1, -0.05) is 12.1 Å². The van der Waals surface area contributed by atoms with Gasteiger partial charge in [-0.25, -0.2) is 0 Å². The van der Waals surface area contributed by atoms with Gasteiger partial charge in [0.15, 0.2) is 11.6 Å². The van der Waals surface area contributed by atoms with E-state index in [1.54, 1.807) is 6.20 Å². The lowest BCUT2D eigenvalue weighted by Crippen LogP contribution is -2.18. The molecule has 0 N–H and O–H groups in total. The van der Waals surface area contributed by atoms with Crippen molar-refractivity contribution in [2.75, 3.05) is 0 Å². The van der Waals surface area contributed by atoms with Crippen LogP contribution in [0.1, 0.15) is 24.6 Å². The molecular weight excluding hydrogens is 254 g/mol. The van der Waals surface area contributed by atoms with E-state index >= 15 is 0 Å². The Bertz CT molecular complexity index is 747. The fraction of sp³-hybridized carbons (Fsp3) is 0.214. The minimum atomic E-state index is 0.0115. The van der Waals surface area contributed by atoms with Crippen LogP contribution >= 0.6 is 0 Å². The Morgan fingerprint density at radius 3 is 2.95 bits per heavy atom. The van der Waals surface area contributed by atoms with E-state index < -0.39 is 0 Å². The van der Waals surface area contributed by atoms with Crippen LogP contribution in [0.3, 0.4) is 0 Å². The van der Waals surface area contributed by atoms with Crippen LogP contribution < -0.4 is 4.74 Å². The predicted octanol–water partition coefficient (Wildman–Crippen LogP) is 1.97. The molecule has 6 nitrogen and oxygen atoms in total. The summed E-state index contributed by atoms with van der Waals surface area (Å²) in [5.74, 6) is 2.53. The van der Waals surface area contributed by atoms with Gasteiger partial charge in [0, 0.05) is 12.4 Å². The summed E-state index contributed by atoms with van der Waals surface area (Å²) in [7, 11) is 0. The summed E-state index contributed by atoms with van der Waals surface area (Å²) < 4.78 is 9.62. The molecule has 3 heterocycles. The lowest BCUT2D eigenvalue weighted by atomic mass is 10.2. The van der Waals surface area contributed by atoms with E-state index in [0.717, 1.165) is 23.1 Å². The third-order valence-electron chi connectivity index (χ3n) is 3.51. The maximum Gasteiger partial charge on any atom is 0.175 e. The first kappa shape index (κ1) is 11.2. The lowest BCUT2D eigenvalue weighted by molar-refractivity contribution is 0.278. The molecule has 4 rings (SSSR count). The van der Waals surface area contributed by atoms with Crippen LogP contribution in [0.5, 0.6) is 5.75 Å². The first-order valence-corrected chi connectivity index (χ1v) is 6.50. The Kier molecular flexibility index (Phi) is 2.35. The van der Waals surface area contributed by atoms with Crippen molar-refractivity contribution in [3.8, 4) is 11.4 Å². The SMILES string of the molecule is CC(c1nnc2n1-c1ccccc1OC2)n1cccn1.